The van der Waals surface area contributed by atoms with E-state index in [1.54, 1.807) is 0 Å². The van der Waals surface area contributed by atoms with Gasteiger partial charge in [-0.05, 0) is 75.8 Å². The molecule has 2 aliphatic heterocycles. The molecule has 4 atom stereocenters. The molecule has 1 saturated heterocycles. The van der Waals surface area contributed by atoms with Gasteiger partial charge < -0.3 is 19.1 Å². The first-order valence-corrected chi connectivity index (χ1v) is 18.1. The van der Waals surface area contributed by atoms with Gasteiger partial charge in [0.25, 0.3) is 0 Å². The third-order valence-electron chi connectivity index (χ3n) is 9.20. The Kier molecular flexibility index (Phi) is 11.2. The number of carbonyl (C=O) groups excluding carboxylic acids is 1. The number of fused-ring (bicyclic) bond motifs is 3. The van der Waals surface area contributed by atoms with Crippen molar-refractivity contribution in [3.63, 3.8) is 0 Å². The average molecular weight is 628 g/mol. The highest BCUT2D eigenvalue weighted by Crippen LogP contribution is 2.51. The first-order chi connectivity index (χ1) is 21.1. The van der Waals surface area contributed by atoms with E-state index in [2.05, 4.69) is 58.8 Å². The maximum atomic E-state index is 13.2. The van der Waals surface area contributed by atoms with E-state index in [0.717, 1.165) is 89.2 Å². The maximum Gasteiger partial charge on any atom is 0.311 e. The van der Waals surface area contributed by atoms with Crippen molar-refractivity contribution in [2.45, 2.75) is 76.4 Å². The molecule has 0 bridgehead atoms. The molecule has 2 heterocycles. The number of nitrogens with zero attached hydrogens (tertiary/aromatic N) is 2. The van der Waals surface area contributed by atoms with E-state index >= 15 is 0 Å². The number of benzene rings is 2. The minimum absolute atomic E-state index is 0.00602. The number of morpholine rings is 1. The van der Waals surface area contributed by atoms with Crippen LogP contribution in [0.15, 0.2) is 42.5 Å². The highest BCUT2D eigenvalue weighted by Gasteiger charge is 2.40. The second-order valence-electron chi connectivity index (χ2n) is 12.8. The number of hydrogen-bond donors (Lipinski definition) is 1. The third-order valence-corrected chi connectivity index (χ3v) is 9.96. The molecule has 242 valence electrons. The van der Waals surface area contributed by atoms with E-state index in [9.17, 15) is 13.2 Å². The van der Waals surface area contributed by atoms with Crippen molar-refractivity contribution >= 4 is 21.7 Å². The number of carbonyl (C=O) groups is 1. The van der Waals surface area contributed by atoms with Crippen molar-refractivity contribution < 1.29 is 27.4 Å². The molecule has 1 aliphatic carbocycles. The van der Waals surface area contributed by atoms with Crippen LogP contribution in [0, 0.1) is 5.92 Å². The standard InChI is InChI=1S/C34H49N3O6S/c1-25(9-7-12-26-10-5-4-6-11-26)42-29-22-31-34(30-21-28(35-44(3,39)40)15-14-27(30)24-36(31)2)32(23-29)43-33(38)13-8-16-37-17-19-41-20-18-37/h4-6,10-11,22-23,25,27-28,30,35H,7-9,12-21,24H2,1-3H3/t25?,27-,28?,30+/m0/s1. The van der Waals surface area contributed by atoms with Gasteiger partial charge in [-0.25, -0.2) is 13.1 Å². The molecule has 0 spiro atoms. The molecule has 44 heavy (non-hydrogen) atoms. The normalized spacial score (nSPS) is 23.0. The Morgan fingerprint density at radius 3 is 2.64 bits per heavy atom. The zero-order valence-corrected chi connectivity index (χ0v) is 27.3. The molecule has 2 aromatic rings. The van der Waals surface area contributed by atoms with Crippen LogP contribution in [0.3, 0.4) is 0 Å². The molecular weight excluding hydrogens is 578 g/mol. The summed E-state index contributed by atoms with van der Waals surface area (Å²) in [5.74, 6) is 1.43. The lowest BCUT2D eigenvalue weighted by Gasteiger charge is -2.45. The van der Waals surface area contributed by atoms with Gasteiger partial charge in [-0.2, -0.15) is 0 Å². The van der Waals surface area contributed by atoms with E-state index in [1.807, 2.05) is 12.1 Å². The summed E-state index contributed by atoms with van der Waals surface area (Å²) in [6.45, 7) is 7.05. The lowest BCUT2D eigenvalue weighted by Crippen LogP contribution is -2.44. The highest BCUT2D eigenvalue weighted by molar-refractivity contribution is 7.88. The Morgan fingerprint density at radius 1 is 1.11 bits per heavy atom. The topological polar surface area (TPSA) is 97.4 Å². The number of nitrogens with one attached hydrogen (secondary N) is 1. The molecule has 0 aromatic heterocycles. The van der Waals surface area contributed by atoms with Crippen LogP contribution in [-0.4, -0.2) is 84.1 Å². The Balaban J connectivity index is 1.33. The number of hydrogen-bond acceptors (Lipinski definition) is 8. The molecule has 2 aromatic carbocycles. The summed E-state index contributed by atoms with van der Waals surface area (Å²) < 4.78 is 45.0. The fourth-order valence-electron chi connectivity index (χ4n) is 7.07. The number of ether oxygens (including phenoxy) is 3. The van der Waals surface area contributed by atoms with Gasteiger partial charge in [0.15, 0.2) is 0 Å². The molecule has 5 rings (SSSR count). The summed E-state index contributed by atoms with van der Waals surface area (Å²) in [5.41, 5.74) is 3.31. The van der Waals surface area contributed by atoms with Crippen molar-refractivity contribution in [3.05, 3.63) is 53.6 Å². The van der Waals surface area contributed by atoms with Crippen molar-refractivity contribution in [1.82, 2.24) is 9.62 Å². The van der Waals surface area contributed by atoms with E-state index in [-0.39, 0.29) is 24.0 Å². The van der Waals surface area contributed by atoms with E-state index in [4.69, 9.17) is 14.2 Å². The Hall–Kier alpha value is -2.66. The second kappa shape index (κ2) is 15.1. The van der Waals surface area contributed by atoms with E-state index in [0.29, 0.717) is 30.3 Å². The summed E-state index contributed by atoms with van der Waals surface area (Å²) in [6.07, 6.45) is 7.57. The number of anilines is 1. The van der Waals surface area contributed by atoms with Crippen LogP contribution >= 0.6 is 0 Å². The summed E-state index contributed by atoms with van der Waals surface area (Å²) >= 11 is 0. The lowest BCUT2D eigenvalue weighted by atomic mass is 9.70. The number of aryl methyl sites for hydroxylation is 1. The average Bonchev–Trinajstić information content (AvgIpc) is 2.98. The molecule has 2 unspecified atom stereocenters. The van der Waals surface area contributed by atoms with Crippen LogP contribution < -0.4 is 19.1 Å². The van der Waals surface area contributed by atoms with Gasteiger partial charge in [0.05, 0.1) is 25.6 Å². The summed E-state index contributed by atoms with van der Waals surface area (Å²) in [4.78, 5) is 17.8. The van der Waals surface area contributed by atoms with Gasteiger partial charge in [-0.1, -0.05) is 30.3 Å². The van der Waals surface area contributed by atoms with Gasteiger partial charge >= 0.3 is 5.97 Å². The van der Waals surface area contributed by atoms with E-state index in [1.165, 1.54) is 11.8 Å². The fraction of sp³-hybridized carbons (Fsp3) is 0.618. The van der Waals surface area contributed by atoms with Gasteiger partial charge in [-0.15, -0.1) is 0 Å². The van der Waals surface area contributed by atoms with Crippen LogP contribution in [0.2, 0.25) is 0 Å². The van der Waals surface area contributed by atoms with Crippen molar-refractivity contribution in [1.29, 1.82) is 0 Å². The van der Waals surface area contributed by atoms with Crippen LogP contribution in [0.1, 0.15) is 68.9 Å². The quantitative estimate of drug-likeness (QED) is 0.251. The Labute approximate surface area is 263 Å². The number of esters is 1. The molecule has 0 radical (unpaired) electrons. The SMILES string of the molecule is CC(CCCc1ccccc1)Oc1cc(OC(=O)CCCN2CCOCC2)c2c(c1)N(C)C[C@@H]1CCC(NS(C)(=O)=O)C[C@@H]21. The molecular formula is C34H49N3O6S. The third kappa shape index (κ3) is 9.19. The predicted octanol–water partition coefficient (Wildman–Crippen LogP) is 4.75. The van der Waals surface area contributed by atoms with Gasteiger partial charge in [0.2, 0.25) is 10.0 Å². The van der Waals surface area contributed by atoms with Crippen molar-refractivity contribution in [2.75, 3.05) is 57.6 Å². The van der Waals surface area contributed by atoms with Crippen LogP contribution in [-0.2, 0) is 26.0 Å². The van der Waals surface area contributed by atoms with Gasteiger partial charge in [0, 0.05) is 62.5 Å². The molecule has 1 saturated carbocycles. The van der Waals surface area contributed by atoms with Gasteiger partial charge in [-0.3, -0.25) is 9.69 Å². The highest BCUT2D eigenvalue weighted by atomic mass is 32.2. The molecule has 2 fully saturated rings. The molecule has 0 amide bonds. The largest absolute Gasteiger partial charge is 0.491 e. The number of sulfonamides is 1. The Morgan fingerprint density at radius 2 is 1.89 bits per heavy atom. The minimum atomic E-state index is -3.32. The Bertz CT molecular complexity index is 1350. The summed E-state index contributed by atoms with van der Waals surface area (Å²) in [5, 5.41) is 0. The monoisotopic (exact) mass is 627 g/mol. The smallest absolute Gasteiger partial charge is 0.311 e. The van der Waals surface area contributed by atoms with Crippen LogP contribution in [0.5, 0.6) is 11.5 Å². The fourth-order valence-corrected chi connectivity index (χ4v) is 7.89. The first kappa shape index (κ1) is 32.7. The number of rotatable bonds is 13. The minimum Gasteiger partial charge on any atom is -0.491 e. The van der Waals surface area contributed by atoms with Crippen molar-refractivity contribution in [3.8, 4) is 11.5 Å². The maximum absolute atomic E-state index is 13.2. The summed E-state index contributed by atoms with van der Waals surface area (Å²) in [7, 11) is -1.24. The van der Waals surface area contributed by atoms with E-state index < -0.39 is 10.0 Å². The molecule has 10 heteroatoms. The zero-order valence-electron chi connectivity index (χ0n) is 26.5. The van der Waals surface area contributed by atoms with Crippen LogP contribution in [0.25, 0.3) is 0 Å². The first-order valence-electron chi connectivity index (χ1n) is 16.2. The lowest BCUT2D eigenvalue weighted by molar-refractivity contribution is -0.134. The van der Waals surface area contributed by atoms with Crippen LogP contribution in [0.4, 0.5) is 5.69 Å². The summed E-state index contributed by atoms with van der Waals surface area (Å²) in [6, 6.07) is 14.3. The molecule has 3 aliphatic rings. The second-order valence-corrected chi connectivity index (χ2v) is 14.6. The van der Waals surface area contributed by atoms with Crippen molar-refractivity contribution in [2.24, 2.45) is 5.92 Å². The van der Waals surface area contributed by atoms with Gasteiger partial charge in [0.1, 0.15) is 11.5 Å². The molecule has 9 nitrogen and oxygen atoms in total. The molecule has 1 N–H and O–H groups in total. The predicted molar refractivity (Wildman–Crippen MR) is 173 cm³/mol. The zero-order chi connectivity index (χ0) is 31.1.